The number of hydrogen-bond acceptors (Lipinski definition) is 3. The van der Waals surface area contributed by atoms with Gasteiger partial charge in [0, 0.05) is 5.56 Å². The molecule has 0 amide bonds. The van der Waals surface area contributed by atoms with Gasteiger partial charge in [-0.15, -0.1) is 0 Å². The van der Waals surface area contributed by atoms with Crippen LogP contribution in [0.15, 0.2) is 24.3 Å². The molecule has 3 heteroatoms. The van der Waals surface area contributed by atoms with Crippen molar-refractivity contribution in [3.63, 3.8) is 0 Å². The summed E-state index contributed by atoms with van der Waals surface area (Å²) in [6.45, 7) is 6.27. The fourth-order valence-corrected chi connectivity index (χ4v) is 2.88. The van der Waals surface area contributed by atoms with Gasteiger partial charge in [-0.1, -0.05) is 32.9 Å². The van der Waals surface area contributed by atoms with Crippen LogP contribution in [0.25, 0.3) is 11.1 Å². The number of phenols is 3. The van der Waals surface area contributed by atoms with E-state index in [1.165, 1.54) is 17.2 Å². The van der Waals surface area contributed by atoms with Gasteiger partial charge in [0.1, 0.15) is 0 Å². The molecule has 0 aliphatic rings. The van der Waals surface area contributed by atoms with Crippen molar-refractivity contribution in [1.29, 1.82) is 0 Å². The number of benzene rings is 2. The number of aryl methyl sites for hydroxylation is 2. The maximum Gasteiger partial charge on any atom is 0.200 e. The second-order valence-corrected chi connectivity index (χ2v) is 5.13. The predicted octanol–water partition coefficient (Wildman–Crippen LogP) is 4.16. The summed E-state index contributed by atoms with van der Waals surface area (Å²) in [7, 11) is 0. The molecule has 0 saturated carbocycles. The lowest BCUT2D eigenvalue weighted by atomic mass is 9.87. The molecule has 112 valence electrons. The molecule has 0 aliphatic heterocycles. The van der Waals surface area contributed by atoms with Crippen LogP contribution in [0.1, 0.15) is 37.5 Å². The highest BCUT2D eigenvalue weighted by Crippen LogP contribution is 2.44. The lowest BCUT2D eigenvalue weighted by Gasteiger charge is -2.18. The van der Waals surface area contributed by atoms with E-state index in [0.29, 0.717) is 5.56 Å². The van der Waals surface area contributed by atoms with Crippen LogP contribution >= 0.6 is 0 Å². The van der Waals surface area contributed by atoms with Crippen molar-refractivity contribution in [2.45, 2.75) is 40.0 Å². The van der Waals surface area contributed by atoms with Crippen molar-refractivity contribution in [1.82, 2.24) is 0 Å². The van der Waals surface area contributed by atoms with Crippen LogP contribution in [0.5, 0.6) is 17.2 Å². The molecule has 3 nitrogen and oxygen atoms in total. The zero-order chi connectivity index (χ0) is 15.6. The zero-order valence-corrected chi connectivity index (χ0v) is 12.8. The first-order chi connectivity index (χ1) is 10.0. The van der Waals surface area contributed by atoms with Crippen molar-refractivity contribution in [3.05, 3.63) is 41.0 Å². The first-order valence-electron chi connectivity index (χ1n) is 7.42. The smallest absolute Gasteiger partial charge is 0.200 e. The van der Waals surface area contributed by atoms with E-state index < -0.39 is 5.75 Å². The van der Waals surface area contributed by atoms with E-state index in [4.69, 9.17) is 0 Å². The molecule has 2 aromatic rings. The molecular weight excluding hydrogens is 264 g/mol. The molecule has 0 fully saturated rings. The Hall–Kier alpha value is -2.16. The topological polar surface area (TPSA) is 60.7 Å². The number of aromatic hydroxyl groups is 3. The third kappa shape index (κ3) is 2.56. The van der Waals surface area contributed by atoms with Gasteiger partial charge in [0.15, 0.2) is 11.5 Å². The van der Waals surface area contributed by atoms with E-state index in [1.54, 1.807) is 6.07 Å². The highest BCUT2D eigenvalue weighted by atomic mass is 16.3. The van der Waals surface area contributed by atoms with Crippen LogP contribution in [0, 0.1) is 0 Å². The van der Waals surface area contributed by atoms with E-state index in [9.17, 15) is 15.3 Å². The minimum atomic E-state index is -0.460. The Balaban J connectivity index is 2.81. The van der Waals surface area contributed by atoms with Crippen LogP contribution in [0.4, 0.5) is 0 Å². The summed E-state index contributed by atoms with van der Waals surface area (Å²) in [4.78, 5) is 0. The average Bonchev–Trinajstić information content (AvgIpc) is 2.51. The minimum absolute atomic E-state index is 0.257. The van der Waals surface area contributed by atoms with Gasteiger partial charge in [-0.3, -0.25) is 0 Å². The second-order valence-electron chi connectivity index (χ2n) is 5.13. The molecule has 3 N–H and O–H groups in total. The summed E-state index contributed by atoms with van der Waals surface area (Å²) >= 11 is 0. The molecule has 0 aromatic heterocycles. The molecular formula is C18H22O3. The van der Waals surface area contributed by atoms with Gasteiger partial charge in [-0.25, -0.2) is 0 Å². The van der Waals surface area contributed by atoms with E-state index in [-0.39, 0.29) is 11.5 Å². The summed E-state index contributed by atoms with van der Waals surface area (Å²) in [6, 6.07) is 7.30. The van der Waals surface area contributed by atoms with Crippen molar-refractivity contribution >= 4 is 0 Å². The highest BCUT2D eigenvalue weighted by molar-refractivity contribution is 5.80. The molecule has 0 atom stereocenters. The number of phenolic OH excluding ortho intramolecular Hbond substituents is 3. The molecule has 0 bridgehead atoms. The van der Waals surface area contributed by atoms with Gasteiger partial charge >= 0.3 is 0 Å². The summed E-state index contributed by atoms with van der Waals surface area (Å²) in [5.74, 6) is -1.02. The first kappa shape index (κ1) is 15.2. The normalized spacial score (nSPS) is 10.8. The zero-order valence-electron chi connectivity index (χ0n) is 12.8. The van der Waals surface area contributed by atoms with Crippen molar-refractivity contribution in [3.8, 4) is 28.4 Å². The molecule has 21 heavy (non-hydrogen) atoms. The molecule has 2 aromatic carbocycles. The molecule has 0 heterocycles. The SMILES string of the molecule is CCc1ccc(CC)c(-c2ccc(O)c(O)c2O)c1CC. The molecule has 0 radical (unpaired) electrons. The van der Waals surface area contributed by atoms with Gasteiger partial charge in [0.05, 0.1) is 0 Å². The maximum atomic E-state index is 10.2. The van der Waals surface area contributed by atoms with Crippen molar-refractivity contribution < 1.29 is 15.3 Å². The third-order valence-electron chi connectivity index (χ3n) is 4.01. The van der Waals surface area contributed by atoms with Crippen molar-refractivity contribution in [2.75, 3.05) is 0 Å². The fraction of sp³-hybridized carbons (Fsp3) is 0.333. The quantitative estimate of drug-likeness (QED) is 0.740. The standard InChI is InChI=1S/C18H22O3/c1-4-11-7-8-12(5-2)16(13(11)6-3)14-9-10-15(19)18(21)17(14)20/h7-10,19-21H,4-6H2,1-3H3. The highest BCUT2D eigenvalue weighted by Gasteiger charge is 2.18. The van der Waals surface area contributed by atoms with Crippen LogP contribution in [-0.4, -0.2) is 15.3 Å². The van der Waals surface area contributed by atoms with E-state index in [1.807, 2.05) is 0 Å². The van der Waals surface area contributed by atoms with Crippen LogP contribution in [0.2, 0.25) is 0 Å². The Morgan fingerprint density at radius 2 is 1.33 bits per heavy atom. The Kier molecular flexibility index (Phi) is 4.41. The lowest BCUT2D eigenvalue weighted by Crippen LogP contribution is -2.00. The summed E-state index contributed by atoms with van der Waals surface area (Å²) < 4.78 is 0. The second kappa shape index (κ2) is 6.08. The monoisotopic (exact) mass is 286 g/mol. The van der Waals surface area contributed by atoms with Crippen molar-refractivity contribution in [2.24, 2.45) is 0 Å². The summed E-state index contributed by atoms with van der Waals surface area (Å²) in [5.41, 5.74) is 5.12. The summed E-state index contributed by atoms with van der Waals surface area (Å²) in [6.07, 6.45) is 2.62. The molecule has 0 unspecified atom stereocenters. The van der Waals surface area contributed by atoms with Gasteiger partial charge < -0.3 is 15.3 Å². The summed E-state index contributed by atoms with van der Waals surface area (Å²) in [5, 5.41) is 29.5. The number of hydrogen-bond donors (Lipinski definition) is 3. The van der Waals surface area contributed by atoms with Crippen LogP contribution < -0.4 is 0 Å². The Morgan fingerprint density at radius 1 is 0.714 bits per heavy atom. The van der Waals surface area contributed by atoms with E-state index in [0.717, 1.165) is 30.4 Å². The van der Waals surface area contributed by atoms with Crippen LogP contribution in [-0.2, 0) is 19.3 Å². The molecule has 0 saturated heterocycles. The minimum Gasteiger partial charge on any atom is -0.504 e. The Bertz CT molecular complexity index is 660. The number of rotatable bonds is 4. The Labute approximate surface area is 125 Å². The third-order valence-corrected chi connectivity index (χ3v) is 4.01. The maximum absolute atomic E-state index is 10.2. The predicted molar refractivity (Wildman–Crippen MR) is 85.0 cm³/mol. The Morgan fingerprint density at radius 3 is 1.90 bits per heavy atom. The van der Waals surface area contributed by atoms with E-state index in [2.05, 4.69) is 32.9 Å². The largest absolute Gasteiger partial charge is 0.504 e. The van der Waals surface area contributed by atoms with Gasteiger partial charge in [-0.05, 0) is 53.6 Å². The van der Waals surface area contributed by atoms with Crippen LogP contribution in [0.3, 0.4) is 0 Å². The fourth-order valence-electron chi connectivity index (χ4n) is 2.88. The molecule has 0 aliphatic carbocycles. The lowest BCUT2D eigenvalue weighted by molar-refractivity contribution is 0.369. The van der Waals surface area contributed by atoms with Gasteiger partial charge in [0.25, 0.3) is 0 Å². The first-order valence-corrected chi connectivity index (χ1v) is 7.42. The molecule has 2 rings (SSSR count). The average molecular weight is 286 g/mol. The van der Waals surface area contributed by atoms with Gasteiger partial charge in [-0.2, -0.15) is 0 Å². The molecule has 0 spiro atoms. The van der Waals surface area contributed by atoms with E-state index >= 15 is 0 Å². The van der Waals surface area contributed by atoms with Gasteiger partial charge in [0.2, 0.25) is 5.75 Å².